The molecule has 0 aromatic carbocycles. The average molecular weight is 371 g/mol. The summed E-state index contributed by atoms with van der Waals surface area (Å²) in [6, 6.07) is -0.267. The number of carbonyl (C=O) groups is 2. The van der Waals surface area contributed by atoms with Crippen LogP contribution in [0.3, 0.4) is 0 Å². The highest BCUT2D eigenvalue weighted by atomic mass is 16.6. The maximum absolute atomic E-state index is 12.9. The van der Waals surface area contributed by atoms with Crippen LogP contribution in [0.4, 0.5) is 4.79 Å². The van der Waals surface area contributed by atoms with E-state index in [4.69, 9.17) is 4.74 Å². The minimum Gasteiger partial charge on any atom is -0.444 e. The fourth-order valence-corrected chi connectivity index (χ4v) is 3.69. The molecule has 0 saturated heterocycles. The molecule has 26 heavy (non-hydrogen) atoms. The van der Waals surface area contributed by atoms with Gasteiger partial charge < -0.3 is 20.5 Å². The van der Waals surface area contributed by atoms with Crippen molar-refractivity contribution in [2.24, 2.45) is 11.3 Å². The quantitative estimate of drug-likeness (QED) is 0.641. The van der Waals surface area contributed by atoms with E-state index in [9.17, 15) is 14.7 Å². The predicted octanol–water partition coefficient (Wildman–Crippen LogP) is 3.37. The first kappa shape index (κ1) is 22.7. The number of aliphatic hydroxyl groups excluding tert-OH is 1. The van der Waals surface area contributed by atoms with E-state index in [0.717, 1.165) is 32.1 Å². The van der Waals surface area contributed by atoms with Crippen molar-refractivity contribution >= 4 is 12.0 Å². The topological polar surface area (TPSA) is 87.7 Å². The van der Waals surface area contributed by atoms with E-state index in [-0.39, 0.29) is 24.4 Å². The summed E-state index contributed by atoms with van der Waals surface area (Å²) in [6.45, 7) is 11.7. The second kappa shape index (κ2) is 9.58. The summed E-state index contributed by atoms with van der Waals surface area (Å²) in [7, 11) is 0. The molecule has 6 heteroatoms. The van der Waals surface area contributed by atoms with Crippen molar-refractivity contribution in [3.8, 4) is 0 Å². The van der Waals surface area contributed by atoms with Gasteiger partial charge in [0.2, 0.25) is 5.91 Å². The Balaban J connectivity index is 2.72. The number of hydrogen-bond donors (Lipinski definition) is 3. The van der Waals surface area contributed by atoms with E-state index in [0.29, 0.717) is 6.42 Å². The number of carbonyl (C=O) groups excluding carboxylic acids is 2. The molecule has 0 aromatic heterocycles. The maximum Gasteiger partial charge on any atom is 0.407 e. The normalized spacial score (nSPS) is 24.8. The zero-order valence-electron chi connectivity index (χ0n) is 17.4. The minimum absolute atomic E-state index is 0.108. The fraction of sp³-hybridized carbons (Fsp3) is 0.900. The maximum atomic E-state index is 12.9. The van der Waals surface area contributed by atoms with Gasteiger partial charge in [-0.05, 0) is 46.5 Å². The lowest BCUT2D eigenvalue weighted by Crippen LogP contribution is -2.57. The van der Waals surface area contributed by atoms with E-state index in [1.54, 1.807) is 0 Å². The standard InChI is InChI=1S/C20H38N2O4/c1-7-14(8-2)15(23)13-21-17(24)20(6)12-10-9-11-16(20)22-18(25)26-19(3,4)5/h14-16,23H,7-13H2,1-6H3,(H,21,24)(H,22,25)/t15-,16-,20-/m1/s1. The van der Waals surface area contributed by atoms with Crippen LogP contribution in [0.5, 0.6) is 0 Å². The Labute approximate surface area is 158 Å². The monoisotopic (exact) mass is 370 g/mol. The van der Waals surface area contributed by atoms with Gasteiger partial charge in [0.15, 0.2) is 0 Å². The highest BCUT2D eigenvalue weighted by molar-refractivity contribution is 5.84. The van der Waals surface area contributed by atoms with Crippen molar-refractivity contribution in [1.82, 2.24) is 10.6 Å². The molecule has 0 radical (unpaired) electrons. The molecule has 1 saturated carbocycles. The third-order valence-corrected chi connectivity index (χ3v) is 5.48. The Bertz CT molecular complexity index is 471. The zero-order valence-corrected chi connectivity index (χ0v) is 17.4. The van der Waals surface area contributed by atoms with Crippen LogP contribution in [0.15, 0.2) is 0 Å². The Morgan fingerprint density at radius 3 is 2.38 bits per heavy atom. The van der Waals surface area contributed by atoms with Gasteiger partial charge in [-0.15, -0.1) is 0 Å². The summed E-state index contributed by atoms with van der Waals surface area (Å²) < 4.78 is 5.35. The molecule has 6 nitrogen and oxygen atoms in total. The molecular formula is C20H38N2O4. The molecule has 0 bridgehead atoms. The first-order valence-corrected chi connectivity index (χ1v) is 9.99. The number of alkyl carbamates (subject to hydrolysis) is 1. The van der Waals surface area contributed by atoms with Gasteiger partial charge in [0.1, 0.15) is 5.60 Å². The lowest BCUT2D eigenvalue weighted by atomic mass is 9.71. The largest absolute Gasteiger partial charge is 0.444 e. The van der Waals surface area contributed by atoms with Gasteiger partial charge in [-0.3, -0.25) is 4.79 Å². The Morgan fingerprint density at radius 2 is 1.85 bits per heavy atom. The summed E-state index contributed by atoms with van der Waals surface area (Å²) in [5.74, 6) is 0.0772. The SMILES string of the molecule is CCC(CC)[C@H](O)CNC(=O)[C@]1(C)CCCC[C@H]1NC(=O)OC(C)(C)C. The summed E-state index contributed by atoms with van der Waals surface area (Å²) in [4.78, 5) is 25.1. The molecule has 0 aliphatic heterocycles. The van der Waals surface area contributed by atoms with Crippen molar-refractivity contribution in [2.45, 2.75) is 97.8 Å². The van der Waals surface area contributed by atoms with Crippen molar-refractivity contribution in [3.63, 3.8) is 0 Å². The molecule has 1 aliphatic rings. The predicted molar refractivity (Wildman–Crippen MR) is 103 cm³/mol. The molecule has 1 aliphatic carbocycles. The molecule has 0 unspecified atom stereocenters. The summed E-state index contributed by atoms with van der Waals surface area (Å²) in [6.07, 6.45) is 4.12. The zero-order chi connectivity index (χ0) is 20.0. The third-order valence-electron chi connectivity index (χ3n) is 5.48. The third kappa shape index (κ3) is 6.45. The molecular weight excluding hydrogens is 332 g/mol. The first-order valence-electron chi connectivity index (χ1n) is 9.99. The van der Waals surface area contributed by atoms with Crippen molar-refractivity contribution < 1.29 is 19.4 Å². The second-order valence-corrected chi connectivity index (χ2v) is 8.72. The van der Waals surface area contributed by atoms with E-state index in [2.05, 4.69) is 10.6 Å². The fourth-order valence-electron chi connectivity index (χ4n) is 3.69. The Hall–Kier alpha value is -1.30. The van der Waals surface area contributed by atoms with Gasteiger partial charge >= 0.3 is 6.09 Å². The van der Waals surface area contributed by atoms with Crippen LogP contribution in [0.1, 0.15) is 80.1 Å². The number of ether oxygens (including phenoxy) is 1. The Kier molecular flexibility index (Phi) is 8.38. The van der Waals surface area contributed by atoms with Crippen LogP contribution in [0.25, 0.3) is 0 Å². The van der Waals surface area contributed by atoms with Crippen molar-refractivity contribution in [3.05, 3.63) is 0 Å². The highest BCUT2D eigenvalue weighted by Gasteiger charge is 2.44. The summed E-state index contributed by atoms with van der Waals surface area (Å²) in [5.41, 5.74) is -1.26. The van der Waals surface area contributed by atoms with E-state index < -0.39 is 23.2 Å². The smallest absolute Gasteiger partial charge is 0.407 e. The molecule has 0 aromatic rings. The highest BCUT2D eigenvalue weighted by Crippen LogP contribution is 2.36. The van der Waals surface area contributed by atoms with Crippen LogP contribution >= 0.6 is 0 Å². The summed E-state index contributed by atoms with van der Waals surface area (Å²) >= 11 is 0. The van der Waals surface area contributed by atoms with Gasteiger partial charge in [-0.2, -0.15) is 0 Å². The molecule has 152 valence electrons. The van der Waals surface area contributed by atoms with Gasteiger partial charge in [0.25, 0.3) is 0 Å². The number of rotatable bonds is 7. The van der Waals surface area contributed by atoms with Crippen LogP contribution in [0.2, 0.25) is 0 Å². The van der Waals surface area contributed by atoms with Crippen molar-refractivity contribution in [1.29, 1.82) is 0 Å². The number of amides is 2. The summed E-state index contributed by atoms with van der Waals surface area (Å²) in [5, 5.41) is 16.1. The van der Waals surface area contributed by atoms with E-state index in [1.807, 2.05) is 41.5 Å². The Morgan fingerprint density at radius 1 is 1.23 bits per heavy atom. The van der Waals surface area contributed by atoms with Gasteiger partial charge in [0.05, 0.1) is 11.5 Å². The lowest BCUT2D eigenvalue weighted by Gasteiger charge is -2.40. The molecule has 3 N–H and O–H groups in total. The second-order valence-electron chi connectivity index (χ2n) is 8.72. The molecule has 1 rings (SSSR count). The minimum atomic E-state index is -0.692. The van der Waals surface area contributed by atoms with E-state index >= 15 is 0 Å². The average Bonchev–Trinajstić information content (AvgIpc) is 2.54. The van der Waals surface area contributed by atoms with Crippen LogP contribution < -0.4 is 10.6 Å². The molecule has 3 atom stereocenters. The number of aliphatic hydroxyl groups is 1. The van der Waals surface area contributed by atoms with Crippen LogP contribution in [0, 0.1) is 11.3 Å². The van der Waals surface area contributed by atoms with Crippen molar-refractivity contribution in [2.75, 3.05) is 6.54 Å². The van der Waals surface area contributed by atoms with Gasteiger partial charge in [0, 0.05) is 12.6 Å². The first-order chi connectivity index (χ1) is 12.0. The number of nitrogens with one attached hydrogen (secondary N) is 2. The van der Waals surface area contributed by atoms with Gasteiger partial charge in [-0.25, -0.2) is 4.79 Å². The number of hydrogen-bond acceptors (Lipinski definition) is 4. The molecule has 0 heterocycles. The lowest BCUT2D eigenvalue weighted by molar-refractivity contribution is -0.134. The molecule has 1 fully saturated rings. The van der Waals surface area contributed by atoms with Gasteiger partial charge in [-0.1, -0.05) is 39.5 Å². The van der Waals surface area contributed by atoms with Crippen LogP contribution in [-0.4, -0.2) is 41.4 Å². The van der Waals surface area contributed by atoms with Crippen LogP contribution in [-0.2, 0) is 9.53 Å². The molecule has 0 spiro atoms. The molecule has 2 amide bonds. The van der Waals surface area contributed by atoms with E-state index in [1.165, 1.54) is 0 Å².